The second-order valence-electron chi connectivity index (χ2n) is 7.20. The van der Waals surface area contributed by atoms with Crippen LogP contribution in [-0.2, 0) is 0 Å². The summed E-state index contributed by atoms with van der Waals surface area (Å²) in [7, 11) is 0. The lowest BCUT2D eigenvalue weighted by Crippen LogP contribution is -2.60. The maximum Gasteiger partial charge on any atom is 0.0284 e. The van der Waals surface area contributed by atoms with Gasteiger partial charge in [0, 0.05) is 36.5 Å². The van der Waals surface area contributed by atoms with E-state index in [0.29, 0.717) is 10.8 Å². The predicted octanol–water partition coefficient (Wildman–Crippen LogP) is 3.76. The molecule has 1 N–H and O–H groups in total. The van der Waals surface area contributed by atoms with Crippen LogP contribution in [0.5, 0.6) is 0 Å². The zero-order chi connectivity index (χ0) is 14.6. The van der Waals surface area contributed by atoms with Crippen molar-refractivity contribution in [3.05, 3.63) is 0 Å². The molecular weight excluding hydrogens is 264 g/mol. The van der Waals surface area contributed by atoms with Gasteiger partial charge in [-0.15, -0.1) is 0 Å². The van der Waals surface area contributed by atoms with E-state index in [9.17, 15) is 0 Å². The fourth-order valence-electron chi connectivity index (χ4n) is 3.92. The minimum Gasteiger partial charge on any atom is -0.311 e. The van der Waals surface area contributed by atoms with Crippen molar-refractivity contribution in [2.45, 2.75) is 76.1 Å². The molecule has 0 radical (unpaired) electrons. The fourth-order valence-corrected chi connectivity index (χ4v) is 4.91. The third-order valence-corrected chi connectivity index (χ3v) is 6.93. The van der Waals surface area contributed by atoms with Crippen LogP contribution in [0.15, 0.2) is 0 Å². The van der Waals surface area contributed by atoms with E-state index in [0.717, 1.165) is 12.0 Å². The molecule has 1 aliphatic heterocycles. The van der Waals surface area contributed by atoms with E-state index in [4.69, 9.17) is 0 Å². The molecule has 0 spiro atoms. The second kappa shape index (κ2) is 7.51. The molecular formula is C17H34N2S. The number of rotatable bonds is 5. The Labute approximate surface area is 130 Å². The van der Waals surface area contributed by atoms with Gasteiger partial charge in [0.25, 0.3) is 0 Å². The molecule has 0 bridgehead atoms. The first-order valence-corrected chi connectivity index (χ1v) is 9.85. The Kier molecular flexibility index (Phi) is 6.25. The molecule has 1 saturated carbocycles. The zero-order valence-corrected chi connectivity index (χ0v) is 14.8. The van der Waals surface area contributed by atoms with Gasteiger partial charge in [0.15, 0.2) is 0 Å². The van der Waals surface area contributed by atoms with Crippen molar-refractivity contribution in [3.8, 4) is 0 Å². The Bertz CT molecular complexity index is 287. The van der Waals surface area contributed by atoms with Crippen LogP contribution in [-0.4, -0.2) is 47.6 Å². The molecule has 3 heteroatoms. The summed E-state index contributed by atoms with van der Waals surface area (Å²) < 4.78 is 0.546. The van der Waals surface area contributed by atoms with E-state index in [1.807, 2.05) is 0 Å². The van der Waals surface area contributed by atoms with Gasteiger partial charge in [0.05, 0.1) is 0 Å². The minimum atomic E-state index is 0.546. The van der Waals surface area contributed by atoms with Crippen LogP contribution in [0.25, 0.3) is 0 Å². The molecule has 2 aliphatic rings. The van der Waals surface area contributed by atoms with E-state index in [1.54, 1.807) is 0 Å². The van der Waals surface area contributed by atoms with Crippen LogP contribution in [0.2, 0.25) is 0 Å². The van der Waals surface area contributed by atoms with E-state index in [-0.39, 0.29) is 0 Å². The lowest BCUT2D eigenvalue weighted by Gasteiger charge is -2.47. The first-order valence-electron chi connectivity index (χ1n) is 8.63. The van der Waals surface area contributed by atoms with Gasteiger partial charge in [-0.1, -0.05) is 40.0 Å². The molecule has 0 amide bonds. The highest BCUT2D eigenvalue weighted by Crippen LogP contribution is 2.40. The summed E-state index contributed by atoms with van der Waals surface area (Å²) in [6, 6.07) is 1.43. The second-order valence-corrected chi connectivity index (χ2v) is 8.47. The molecule has 1 aliphatic carbocycles. The normalized spacial score (nSPS) is 31.6. The lowest BCUT2D eigenvalue weighted by atomic mass is 9.86. The zero-order valence-electron chi connectivity index (χ0n) is 14.0. The molecule has 2 atom stereocenters. The van der Waals surface area contributed by atoms with Gasteiger partial charge in [-0.3, -0.25) is 4.90 Å². The number of hydrogen-bond acceptors (Lipinski definition) is 3. The largest absolute Gasteiger partial charge is 0.311 e. The molecule has 1 saturated heterocycles. The molecule has 0 aromatic heterocycles. The highest BCUT2D eigenvalue weighted by Gasteiger charge is 2.37. The van der Waals surface area contributed by atoms with E-state index >= 15 is 0 Å². The summed E-state index contributed by atoms with van der Waals surface area (Å²) in [6.45, 7) is 10.8. The number of nitrogens with one attached hydrogen (secondary N) is 1. The van der Waals surface area contributed by atoms with Gasteiger partial charge < -0.3 is 5.32 Å². The van der Waals surface area contributed by atoms with Crippen molar-refractivity contribution >= 4 is 11.8 Å². The van der Waals surface area contributed by atoms with Gasteiger partial charge >= 0.3 is 0 Å². The van der Waals surface area contributed by atoms with E-state index in [1.165, 1.54) is 58.2 Å². The van der Waals surface area contributed by atoms with Gasteiger partial charge in [-0.05, 0) is 31.4 Å². The summed E-state index contributed by atoms with van der Waals surface area (Å²) in [5, 5.41) is 3.77. The molecule has 20 heavy (non-hydrogen) atoms. The first-order chi connectivity index (χ1) is 9.60. The van der Waals surface area contributed by atoms with E-state index < -0.39 is 0 Å². The van der Waals surface area contributed by atoms with Crippen LogP contribution in [0, 0.1) is 5.92 Å². The standard InChI is InChI=1S/C17H34N2S/c1-5-15-11-18-16(14(2)3)12-19(15)13-17(20-4)9-7-6-8-10-17/h14-16,18H,5-13H2,1-4H3. The monoisotopic (exact) mass is 298 g/mol. The topological polar surface area (TPSA) is 15.3 Å². The minimum absolute atomic E-state index is 0.546. The third kappa shape index (κ3) is 3.92. The lowest BCUT2D eigenvalue weighted by molar-refractivity contribution is 0.0926. The molecule has 2 unspecified atom stereocenters. The van der Waals surface area contributed by atoms with E-state index in [2.05, 4.69) is 49.0 Å². The van der Waals surface area contributed by atoms with Crippen LogP contribution in [0.4, 0.5) is 0 Å². The summed E-state index contributed by atoms with van der Waals surface area (Å²) in [5.74, 6) is 0.742. The predicted molar refractivity (Wildman–Crippen MR) is 91.6 cm³/mol. The van der Waals surface area contributed by atoms with Crippen LogP contribution < -0.4 is 5.32 Å². The van der Waals surface area contributed by atoms with Crippen molar-refractivity contribution in [1.82, 2.24) is 10.2 Å². The molecule has 2 nitrogen and oxygen atoms in total. The van der Waals surface area contributed by atoms with Gasteiger partial charge in [-0.2, -0.15) is 11.8 Å². The van der Waals surface area contributed by atoms with Gasteiger partial charge in [-0.25, -0.2) is 0 Å². The molecule has 0 aromatic rings. The van der Waals surface area contributed by atoms with Gasteiger partial charge in [0.2, 0.25) is 0 Å². The first kappa shape index (κ1) is 16.6. The fraction of sp³-hybridized carbons (Fsp3) is 1.00. The SMILES string of the molecule is CCC1CNC(C(C)C)CN1CC1(SC)CCCCC1. The van der Waals surface area contributed by atoms with Gasteiger partial charge in [0.1, 0.15) is 0 Å². The number of nitrogens with zero attached hydrogens (tertiary/aromatic N) is 1. The molecule has 2 rings (SSSR count). The Morgan fingerprint density at radius 1 is 1.25 bits per heavy atom. The third-order valence-electron chi connectivity index (χ3n) is 5.53. The average Bonchev–Trinajstić information content (AvgIpc) is 2.48. The Balaban J connectivity index is 2.02. The maximum atomic E-state index is 3.77. The van der Waals surface area contributed by atoms with Crippen molar-refractivity contribution in [1.29, 1.82) is 0 Å². The molecule has 1 heterocycles. The number of piperazine rings is 1. The summed E-state index contributed by atoms with van der Waals surface area (Å²) >= 11 is 2.15. The van der Waals surface area contributed by atoms with Crippen LogP contribution in [0.3, 0.4) is 0 Å². The van der Waals surface area contributed by atoms with Crippen LogP contribution >= 0.6 is 11.8 Å². The number of thioether (sulfide) groups is 1. The maximum absolute atomic E-state index is 3.77. The average molecular weight is 299 g/mol. The quantitative estimate of drug-likeness (QED) is 0.832. The Morgan fingerprint density at radius 2 is 1.95 bits per heavy atom. The molecule has 118 valence electrons. The smallest absolute Gasteiger partial charge is 0.0284 e. The summed E-state index contributed by atoms with van der Waals surface area (Å²) in [5.41, 5.74) is 0. The molecule has 2 fully saturated rings. The Hall–Kier alpha value is 0.270. The van der Waals surface area contributed by atoms with Crippen molar-refractivity contribution < 1.29 is 0 Å². The number of hydrogen-bond donors (Lipinski definition) is 1. The highest BCUT2D eigenvalue weighted by atomic mass is 32.2. The van der Waals surface area contributed by atoms with Crippen LogP contribution in [0.1, 0.15) is 59.3 Å². The summed E-state index contributed by atoms with van der Waals surface area (Å²) in [6.07, 6.45) is 10.8. The van der Waals surface area contributed by atoms with Crippen molar-refractivity contribution in [3.63, 3.8) is 0 Å². The highest BCUT2D eigenvalue weighted by molar-refractivity contribution is 8.00. The van der Waals surface area contributed by atoms with Crippen molar-refractivity contribution in [2.24, 2.45) is 5.92 Å². The summed E-state index contributed by atoms with van der Waals surface area (Å²) in [4.78, 5) is 2.82. The molecule has 0 aromatic carbocycles. The Morgan fingerprint density at radius 3 is 2.50 bits per heavy atom. The van der Waals surface area contributed by atoms with Crippen molar-refractivity contribution in [2.75, 3.05) is 25.9 Å².